The third-order valence-corrected chi connectivity index (χ3v) is 2.98. The molecule has 0 bridgehead atoms. The number of carbonyl (C=O) groups is 2. The van der Waals surface area contributed by atoms with Crippen LogP contribution in [0.15, 0.2) is 0 Å². The van der Waals surface area contributed by atoms with Gasteiger partial charge in [-0.2, -0.15) is 0 Å². The Bertz CT molecular complexity index is 319. The highest BCUT2D eigenvalue weighted by molar-refractivity contribution is 5.81. The number of rotatable bonds is 11. The molecule has 21 heavy (non-hydrogen) atoms. The Kier molecular flexibility index (Phi) is 9.41. The first-order valence-corrected chi connectivity index (χ1v) is 7.48. The molecular weight excluding hydrogens is 270 g/mol. The number of ether oxygens (including phenoxy) is 1. The Hall–Kier alpha value is -0.980. The molecule has 0 rings (SSSR count). The van der Waals surface area contributed by atoms with E-state index in [1.807, 2.05) is 20.8 Å². The van der Waals surface area contributed by atoms with Gasteiger partial charge in [-0.3, -0.25) is 10.1 Å². The SMILES string of the molecule is CNC(=O)C(CC(C)C)NCOCC(C)NC(C)(C)C=O. The highest BCUT2D eigenvalue weighted by Crippen LogP contribution is 2.05. The van der Waals surface area contributed by atoms with Crippen molar-refractivity contribution < 1.29 is 14.3 Å². The van der Waals surface area contributed by atoms with Gasteiger partial charge < -0.3 is 20.2 Å². The van der Waals surface area contributed by atoms with E-state index in [1.54, 1.807) is 7.05 Å². The number of amides is 1. The minimum atomic E-state index is -0.557. The van der Waals surface area contributed by atoms with E-state index in [-0.39, 0.29) is 18.0 Å². The zero-order valence-corrected chi connectivity index (χ0v) is 14.2. The van der Waals surface area contributed by atoms with Gasteiger partial charge in [0.2, 0.25) is 5.91 Å². The van der Waals surface area contributed by atoms with Crippen molar-refractivity contribution >= 4 is 12.2 Å². The smallest absolute Gasteiger partial charge is 0.236 e. The third-order valence-electron chi connectivity index (χ3n) is 2.98. The molecule has 0 aliphatic carbocycles. The standard InChI is InChI=1S/C15H31N3O3/c1-11(2)7-13(14(20)16-6)17-10-21-8-12(3)18-15(4,5)9-19/h9,11-13,17-18H,7-8,10H2,1-6H3,(H,16,20). The van der Waals surface area contributed by atoms with Crippen LogP contribution in [0.2, 0.25) is 0 Å². The van der Waals surface area contributed by atoms with Gasteiger partial charge in [-0.05, 0) is 33.1 Å². The summed E-state index contributed by atoms with van der Waals surface area (Å²) in [6.07, 6.45) is 1.64. The lowest BCUT2D eigenvalue weighted by atomic mass is 10.0. The molecule has 0 aliphatic rings. The number of hydrogen-bond donors (Lipinski definition) is 3. The number of hydrogen-bond acceptors (Lipinski definition) is 5. The van der Waals surface area contributed by atoms with Crippen LogP contribution in [-0.2, 0) is 14.3 Å². The maximum atomic E-state index is 11.7. The molecule has 0 aromatic heterocycles. The molecule has 0 radical (unpaired) electrons. The van der Waals surface area contributed by atoms with Crippen molar-refractivity contribution in [1.29, 1.82) is 0 Å². The molecule has 2 unspecified atom stereocenters. The van der Waals surface area contributed by atoms with E-state index < -0.39 is 5.54 Å². The Morgan fingerprint density at radius 3 is 2.38 bits per heavy atom. The van der Waals surface area contributed by atoms with Gasteiger partial charge in [0.15, 0.2) is 0 Å². The van der Waals surface area contributed by atoms with Crippen molar-refractivity contribution in [3.8, 4) is 0 Å². The molecule has 0 fully saturated rings. The van der Waals surface area contributed by atoms with Gasteiger partial charge in [0, 0.05) is 13.1 Å². The summed E-state index contributed by atoms with van der Waals surface area (Å²) in [6.45, 7) is 10.5. The van der Waals surface area contributed by atoms with Gasteiger partial charge in [0.05, 0.1) is 24.9 Å². The summed E-state index contributed by atoms with van der Waals surface area (Å²) >= 11 is 0. The van der Waals surface area contributed by atoms with Crippen molar-refractivity contribution in [3.63, 3.8) is 0 Å². The van der Waals surface area contributed by atoms with Crippen LogP contribution in [0.5, 0.6) is 0 Å². The quantitative estimate of drug-likeness (QED) is 0.297. The summed E-state index contributed by atoms with van der Waals surface area (Å²) in [4.78, 5) is 22.6. The summed E-state index contributed by atoms with van der Waals surface area (Å²) in [5.74, 6) is 0.398. The average molecular weight is 301 g/mol. The Morgan fingerprint density at radius 1 is 1.29 bits per heavy atom. The van der Waals surface area contributed by atoms with Crippen LogP contribution >= 0.6 is 0 Å². The second-order valence-corrected chi connectivity index (χ2v) is 6.40. The zero-order chi connectivity index (χ0) is 16.5. The van der Waals surface area contributed by atoms with E-state index in [2.05, 4.69) is 29.8 Å². The molecule has 0 saturated carbocycles. The predicted octanol–water partition coefficient (Wildman–Crippen LogP) is 0.666. The summed E-state index contributed by atoms with van der Waals surface area (Å²) in [5, 5.41) is 8.91. The summed E-state index contributed by atoms with van der Waals surface area (Å²) in [7, 11) is 1.63. The van der Waals surface area contributed by atoms with Crippen LogP contribution in [0, 0.1) is 5.92 Å². The molecule has 1 amide bonds. The number of carbonyl (C=O) groups excluding carboxylic acids is 2. The van der Waals surface area contributed by atoms with Crippen molar-refractivity contribution in [3.05, 3.63) is 0 Å². The van der Waals surface area contributed by atoms with Crippen molar-refractivity contribution in [2.75, 3.05) is 20.4 Å². The minimum absolute atomic E-state index is 0.0273. The van der Waals surface area contributed by atoms with Gasteiger partial charge in [-0.15, -0.1) is 0 Å². The van der Waals surface area contributed by atoms with Gasteiger partial charge >= 0.3 is 0 Å². The highest BCUT2D eigenvalue weighted by atomic mass is 16.5. The van der Waals surface area contributed by atoms with Gasteiger partial charge in [0.1, 0.15) is 6.29 Å². The predicted molar refractivity (Wildman–Crippen MR) is 84.0 cm³/mol. The zero-order valence-electron chi connectivity index (χ0n) is 14.2. The average Bonchev–Trinajstić information content (AvgIpc) is 2.40. The van der Waals surface area contributed by atoms with Crippen LogP contribution < -0.4 is 16.0 Å². The molecule has 0 heterocycles. The molecule has 0 spiro atoms. The molecule has 2 atom stereocenters. The van der Waals surface area contributed by atoms with E-state index in [0.717, 1.165) is 12.7 Å². The first kappa shape index (κ1) is 20.0. The number of nitrogens with one attached hydrogen (secondary N) is 3. The molecular formula is C15H31N3O3. The van der Waals surface area contributed by atoms with Crippen LogP contribution in [0.25, 0.3) is 0 Å². The molecule has 124 valence electrons. The van der Waals surface area contributed by atoms with Crippen LogP contribution in [-0.4, -0.2) is 50.2 Å². The van der Waals surface area contributed by atoms with Crippen LogP contribution in [0.3, 0.4) is 0 Å². The second kappa shape index (κ2) is 9.87. The minimum Gasteiger partial charge on any atom is -0.365 e. The fraction of sp³-hybridized carbons (Fsp3) is 0.867. The topological polar surface area (TPSA) is 79.5 Å². The van der Waals surface area contributed by atoms with Crippen molar-refractivity contribution in [2.24, 2.45) is 5.92 Å². The largest absolute Gasteiger partial charge is 0.365 e. The molecule has 6 heteroatoms. The molecule has 0 aromatic rings. The third kappa shape index (κ3) is 9.55. The van der Waals surface area contributed by atoms with Gasteiger partial charge in [0.25, 0.3) is 0 Å². The van der Waals surface area contributed by atoms with Crippen LogP contribution in [0.4, 0.5) is 0 Å². The lowest BCUT2D eigenvalue weighted by Gasteiger charge is -2.25. The monoisotopic (exact) mass is 301 g/mol. The van der Waals surface area contributed by atoms with Crippen LogP contribution in [0.1, 0.15) is 41.0 Å². The normalized spacial score (nSPS) is 14.8. The van der Waals surface area contributed by atoms with E-state index >= 15 is 0 Å². The maximum Gasteiger partial charge on any atom is 0.236 e. The first-order chi connectivity index (χ1) is 9.71. The van der Waals surface area contributed by atoms with E-state index in [1.165, 1.54) is 0 Å². The van der Waals surface area contributed by atoms with Crippen molar-refractivity contribution in [1.82, 2.24) is 16.0 Å². The lowest BCUT2D eigenvalue weighted by molar-refractivity contribution is -0.123. The number of likely N-dealkylation sites (N-methyl/N-ethyl adjacent to an activating group) is 1. The summed E-state index contributed by atoms with van der Waals surface area (Å²) < 4.78 is 5.52. The highest BCUT2D eigenvalue weighted by Gasteiger charge is 2.20. The lowest BCUT2D eigenvalue weighted by Crippen LogP contribution is -2.48. The fourth-order valence-electron chi connectivity index (χ4n) is 2.03. The summed E-state index contributed by atoms with van der Waals surface area (Å²) in [6, 6.07) is -0.194. The molecule has 0 saturated heterocycles. The van der Waals surface area contributed by atoms with E-state index in [0.29, 0.717) is 19.3 Å². The van der Waals surface area contributed by atoms with Crippen molar-refractivity contribution in [2.45, 2.75) is 58.7 Å². The van der Waals surface area contributed by atoms with Gasteiger partial charge in [-0.1, -0.05) is 13.8 Å². The van der Waals surface area contributed by atoms with Gasteiger partial charge in [-0.25, -0.2) is 0 Å². The Morgan fingerprint density at radius 2 is 1.90 bits per heavy atom. The Labute approximate surface area is 128 Å². The maximum absolute atomic E-state index is 11.7. The number of aldehydes is 1. The molecule has 3 N–H and O–H groups in total. The Balaban J connectivity index is 4.04. The molecule has 0 aliphatic heterocycles. The second-order valence-electron chi connectivity index (χ2n) is 6.40. The summed E-state index contributed by atoms with van der Waals surface area (Å²) in [5.41, 5.74) is -0.557. The molecule has 0 aromatic carbocycles. The van der Waals surface area contributed by atoms with E-state index in [9.17, 15) is 9.59 Å². The molecule has 6 nitrogen and oxygen atoms in total. The first-order valence-electron chi connectivity index (χ1n) is 7.48. The van der Waals surface area contributed by atoms with E-state index in [4.69, 9.17) is 4.74 Å². The fourth-order valence-corrected chi connectivity index (χ4v) is 2.03.